The molecule has 2 aromatic carbocycles. The van der Waals surface area contributed by atoms with E-state index in [1.165, 1.54) is 24.3 Å². The first-order chi connectivity index (χ1) is 9.63. The molecule has 0 spiro atoms. The molecule has 0 fully saturated rings. The van der Waals surface area contributed by atoms with Crippen LogP contribution in [0.15, 0.2) is 48.5 Å². The van der Waals surface area contributed by atoms with E-state index in [0.29, 0.717) is 11.1 Å². The molecule has 0 saturated heterocycles. The predicted molar refractivity (Wildman–Crippen MR) is 69.4 cm³/mol. The SMILES string of the molecule is O=[N+](OCc1cccc(O)c1)OCc1cccc(O)c1. The number of hydrogen-bond donors (Lipinski definition) is 2. The van der Waals surface area contributed by atoms with Crippen LogP contribution in [0.2, 0.25) is 0 Å². The summed E-state index contributed by atoms with van der Waals surface area (Å²) in [5.41, 5.74) is 1.29. The molecular formula is C14H14NO5+. The second-order valence-corrected chi connectivity index (χ2v) is 4.11. The van der Waals surface area contributed by atoms with Crippen molar-refractivity contribution in [2.24, 2.45) is 0 Å². The molecule has 6 heteroatoms. The molecule has 20 heavy (non-hydrogen) atoms. The summed E-state index contributed by atoms with van der Waals surface area (Å²) in [5, 5.41) is 18.5. The van der Waals surface area contributed by atoms with Crippen molar-refractivity contribution in [3.63, 3.8) is 0 Å². The van der Waals surface area contributed by atoms with Crippen molar-refractivity contribution in [2.45, 2.75) is 13.2 Å². The summed E-state index contributed by atoms with van der Waals surface area (Å²) in [6, 6.07) is 12.7. The van der Waals surface area contributed by atoms with Crippen LogP contribution >= 0.6 is 0 Å². The smallest absolute Gasteiger partial charge is 0.478 e. The summed E-state index contributed by atoms with van der Waals surface area (Å²) in [6.45, 7) is -0.0319. The highest BCUT2D eigenvalue weighted by Gasteiger charge is 2.13. The fraction of sp³-hybridized carbons (Fsp3) is 0.143. The molecule has 2 rings (SSSR count). The lowest BCUT2D eigenvalue weighted by molar-refractivity contribution is -0.987. The second kappa shape index (κ2) is 6.42. The summed E-state index contributed by atoms with van der Waals surface area (Å²) >= 11 is 0. The van der Waals surface area contributed by atoms with Gasteiger partial charge in [-0.1, -0.05) is 24.3 Å². The maximum Gasteiger partial charge on any atom is 0.478 e. The highest BCUT2D eigenvalue weighted by Crippen LogP contribution is 2.13. The van der Waals surface area contributed by atoms with E-state index in [1.807, 2.05) is 0 Å². The largest absolute Gasteiger partial charge is 0.508 e. The van der Waals surface area contributed by atoms with E-state index >= 15 is 0 Å². The van der Waals surface area contributed by atoms with Crippen LogP contribution in [0.1, 0.15) is 11.1 Å². The van der Waals surface area contributed by atoms with Crippen molar-refractivity contribution in [1.82, 2.24) is 0 Å². The van der Waals surface area contributed by atoms with Gasteiger partial charge in [0.2, 0.25) is 0 Å². The predicted octanol–water partition coefficient (Wildman–Crippen LogP) is 2.44. The van der Waals surface area contributed by atoms with E-state index in [0.717, 1.165) is 0 Å². The zero-order chi connectivity index (χ0) is 14.4. The molecule has 0 aliphatic rings. The van der Waals surface area contributed by atoms with Gasteiger partial charge in [0, 0.05) is 11.1 Å². The van der Waals surface area contributed by atoms with Crippen molar-refractivity contribution in [3.05, 3.63) is 64.6 Å². The number of aromatic hydroxyl groups is 2. The van der Waals surface area contributed by atoms with Crippen molar-refractivity contribution in [2.75, 3.05) is 0 Å². The molecule has 104 valence electrons. The van der Waals surface area contributed by atoms with Gasteiger partial charge in [-0.25, -0.2) is 0 Å². The lowest BCUT2D eigenvalue weighted by atomic mass is 10.2. The van der Waals surface area contributed by atoms with Gasteiger partial charge >= 0.3 is 5.09 Å². The van der Waals surface area contributed by atoms with Crippen LogP contribution in [0.3, 0.4) is 0 Å². The first-order valence-corrected chi connectivity index (χ1v) is 5.92. The summed E-state index contributed by atoms with van der Waals surface area (Å²) < 4.78 is 0. The molecule has 0 unspecified atom stereocenters. The van der Waals surface area contributed by atoms with Crippen LogP contribution in [0.4, 0.5) is 0 Å². The van der Waals surface area contributed by atoms with Crippen LogP contribution in [0, 0.1) is 4.91 Å². The van der Waals surface area contributed by atoms with Gasteiger partial charge in [-0.05, 0) is 24.3 Å². The minimum Gasteiger partial charge on any atom is -0.508 e. The molecule has 0 saturated carbocycles. The third-order valence-electron chi connectivity index (χ3n) is 2.49. The molecule has 0 bridgehead atoms. The summed E-state index contributed by atoms with van der Waals surface area (Å²) in [7, 11) is 0. The lowest BCUT2D eigenvalue weighted by Gasteiger charge is -1.99. The van der Waals surface area contributed by atoms with E-state index in [4.69, 9.17) is 9.68 Å². The summed E-state index contributed by atoms with van der Waals surface area (Å²) in [6.07, 6.45) is 0. The Balaban J connectivity index is 1.78. The molecule has 0 radical (unpaired) electrons. The van der Waals surface area contributed by atoms with Gasteiger partial charge < -0.3 is 10.2 Å². The monoisotopic (exact) mass is 276 g/mol. The van der Waals surface area contributed by atoms with Crippen LogP contribution in [-0.4, -0.2) is 15.3 Å². The molecule has 0 aliphatic heterocycles. The standard InChI is InChI=1S/C14H13NO5/c16-13-5-1-3-11(7-13)9-19-15(18)20-10-12-4-2-6-14(17)8-12/h1-8H,9-10H2,(H-,16,17)/p+1. The van der Waals surface area contributed by atoms with Gasteiger partial charge in [0.1, 0.15) is 16.4 Å². The molecule has 0 amide bonds. The fourth-order valence-electron chi connectivity index (χ4n) is 1.58. The van der Waals surface area contributed by atoms with E-state index in [1.54, 1.807) is 24.3 Å². The lowest BCUT2D eigenvalue weighted by Crippen LogP contribution is -2.10. The van der Waals surface area contributed by atoms with Crippen molar-refractivity contribution in [3.8, 4) is 11.5 Å². The Morgan fingerprint density at radius 2 is 1.30 bits per heavy atom. The van der Waals surface area contributed by atoms with Gasteiger partial charge in [-0.3, -0.25) is 0 Å². The quantitative estimate of drug-likeness (QED) is 0.792. The van der Waals surface area contributed by atoms with Gasteiger partial charge in [-0.2, -0.15) is 9.68 Å². The molecule has 2 N–H and O–H groups in total. The highest BCUT2D eigenvalue weighted by atomic mass is 17.0. The van der Waals surface area contributed by atoms with Gasteiger partial charge in [0.15, 0.2) is 13.2 Å². The zero-order valence-electron chi connectivity index (χ0n) is 10.6. The number of benzene rings is 2. The highest BCUT2D eigenvalue weighted by molar-refractivity contribution is 5.27. The first kappa shape index (κ1) is 13.7. The molecule has 0 heterocycles. The van der Waals surface area contributed by atoms with Crippen LogP contribution < -0.4 is 0 Å². The van der Waals surface area contributed by atoms with Crippen molar-refractivity contribution >= 4 is 0 Å². The van der Waals surface area contributed by atoms with Crippen LogP contribution in [0.25, 0.3) is 0 Å². The third-order valence-corrected chi connectivity index (χ3v) is 2.49. The fourth-order valence-corrected chi connectivity index (χ4v) is 1.58. The minimum absolute atomic E-state index is 0.00803. The molecule has 2 aromatic rings. The number of rotatable bonds is 6. The number of phenolic OH excluding ortho intramolecular Hbond substituents is 2. The Kier molecular flexibility index (Phi) is 4.39. The van der Waals surface area contributed by atoms with E-state index in [9.17, 15) is 15.1 Å². The zero-order valence-corrected chi connectivity index (χ0v) is 10.6. The number of hydrogen-bond acceptors (Lipinski definition) is 5. The van der Waals surface area contributed by atoms with Gasteiger partial charge in [0.05, 0.1) is 0 Å². The summed E-state index contributed by atoms with van der Waals surface area (Å²) in [5.74, 6) is 0.202. The number of nitrogens with zero attached hydrogens (tertiary/aromatic N) is 1. The maximum absolute atomic E-state index is 11.3. The molecular weight excluding hydrogens is 262 g/mol. The number of phenols is 2. The summed E-state index contributed by atoms with van der Waals surface area (Å²) in [4.78, 5) is 20.9. The first-order valence-electron chi connectivity index (χ1n) is 5.92. The Bertz CT molecular complexity index is 548. The van der Waals surface area contributed by atoms with Gasteiger partial charge in [-0.15, -0.1) is 0 Å². The van der Waals surface area contributed by atoms with Gasteiger partial charge in [0.25, 0.3) is 0 Å². The second-order valence-electron chi connectivity index (χ2n) is 4.11. The Morgan fingerprint density at radius 3 is 1.70 bits per heavy atom. The van der Waals surface area contributed by atoms with E-state index in [2.05, 4.69) is 0 Å². The van der Waals surface area contributed by atoms with E-state index in [-0.39, 0.29) is 29.8 Å². The Hall–Kier alpha value is -2.76. The van der Waals surface area contributed by atoms with Crippen LogP contribution in [-0.2, 0) is 22.9 Å². The van der Waals surface area contributed by atoms with Crippen molar-refractivity contribution < 1.29 is 25.0 Å². The molecule has 0 atom stereocenters. The molecule has 0 aliphatic carbocycles. The third kappa shape index (κ3) is 4.16. The van der Waals surface area contributed by atoms with Crippen molar-refractivity contribution in [1.29, 1.82) is 0 Å². The Morgan fingerprint density at radius 1 is 0.850 bits per heavy atom. The molecule has 0 aromatic heterocycles. The average molecular weight is 276 g/mol. The molecule has 6 nitrogen and oxygen atoms in total. The van der Waals surface area contributed by atoms with Crippen LogP contribution in [0.5, 0.6) is 11.5 Å². The topological polar surface area (TPSA) is 79.0 Å². The maximum atomic E-state index is 11.3. The Labute approximate surface area is 115 Å². The average Bonchev–Trinajstić information content (AvgIpc) is 2.43. The normalized spacial score (nSPS) is 10.0. The minimum atomic E-state index is -0.0159. The van der Waals surface area contributed by atoms with E-state index < -0.39 is 0 Å².